The molecule has 0 fully saturated rings. The average Bonchev–Trinajstić information content (AvgIpc) is 2.26. The minimum atomic E-state index is -4.34. The Labute approximate surface area is 114 Å². The highest BCUT2D eigenvalue weighted by atomic mass is 28.2. The first-order valence-corrected chi connectivity index (χ1v) is 7.88. The van der Waals surface area contributed by atoms with Crippen molar-refractivity contribution in [2.75, 3.05) is 0 Å². The number of halogens is 3. The third-order valence-corrected chi connectivity index (χ3v) is 6.82. The molecule has 0 spiro atoms. The molecule has 108 valence electrons. The Morgan fingerprint density at radius 1 is 1.21 bits per heavy atom. The van der Waals surface area contributed by atoms with Crippen LogP contribution in [0.3, 0.4) is 0 Å². The number of aliphatic hydroxyl groups excluding tert-OH is 1. The number of aliphatic hydroxyl groups is 1. The molecular formula is C14H21F3OSi. The Bertz CT molecular complexity index is 435. The van der Waals surface area contributed by atoms with Gasteiger partial charge < -0.3 is 5.11 Å². The molecule has 5 heteroatoms. The number of hydrogen-bond donors (Lipinski definition) is 1. The summed E-state index contributed by atoms with van der Waals surface area (Å²) in [7, 11) is -1.12. The molecule has 0 saturated heterocycles. The normalized spacial score (nSPS) is 15.2. The van der Waals surface area contributed by atoms with E-state index in [1.54, 1.807) is 6.07 Å². The molecule has 0 aliphatic rings. The summed E-state index contributed by atoms with van der Waals surface area (Å²) in [5.41, 5.74) is 0.0678. The van der Waals surface area contributed by atoms with E-state index in [0.29, 0.717) is 10.8 Å². The second-order valence-corrected chi connectivity index (χ2v) is 8.41. The minimum absolute atomic E-state index is 0.0162. The highest BCUT2D eigenvalue weighted by molar-refractivity contribution is 6.56. The Kier molecular flexibility index (Phi) is 4.85. The van der Waals surface area contributed by atoms with E-state index in [-0.39, 0.29) is 17.6 Å². The summed E-state index contributed by atoms with van der Waals surface area (Å²) in [6, 6.07) is 4.08. The van der Waals surface area contributed by atoms with Gasteiger partial charge in [0.1, 0.15) is 0 Å². The van der Waals surface area contributed by atoms with Crippen LogP contribution in [0, 0.1) is 5.41 Å². The Balaban J connectivity index is 3.24. The lowest BCUT2D eigenvalue weighted by Crippen LogP contribution is -2.34. The van der Waals surface area contributed by atoms with Crippen LogP contribution in [0.1, 0.15) is 38.8 Å². The summed E-state index contributed by atoms with van der Waals surface area (Å²) in [6.45, 7) is 7.79. The molecule has 0 heterocycles. The van der Waals surface area contributed by atoms with E-state index in [1.807, 2.05) is 27.7 Å². The van der Waals surface area contributed by atoms with Gasteiger partial charge in [-0.3, -0.25) is 0 Å². The van der Waals surface area contributed by atoms with Crippen molar-refractivity contribution in [2.45, 2.75) is 46.0 Å². The van der Waals surface area contributed by atoms with E-state index >= 15 is 0 Å². The summed E-state index contributed by atoms with van der Waals surface area (Å²) >= 11 is 0. The third-order valence-electron chi connectivity index (χ3n) is 3.74. The monoisotopic (exact) mass is 290 g/mol. The lowest BCUT2D eigenvalue weighted by Gasteiger charge is -2.28. The van der Waals surface area contributed by atoms with Crippen LogP contribution in [-0.4, -0.2) is 14.6 Å². The SMILES string of the molecule is CC([SiH2]c1c(CO)cccc1C(F)(F)F)C(C)(C)C. The molecule has 1 atom stereocenters. The van der Waals surface area contributed by atoms with Gasteiger partial charge in [0.25, 0.3) is 0 Å². The maximum atomic E-state index is 13.1. The first kappa shape index (κ1) is 16.2. The molecule has 0 bridgehead atoms. The number of alkyl halides is 3. The van der Waals surface area contributed by atoms with Gasteiger partial charge >= 0.3 is 6.18 Å². The molecule has 1 nitrogen and oxygen atoms in total. The van der Waals surface area contributed by atoms with Crippen molar-refractivity contribution in [3.05, 3.63) is 29.3 Å². The van der Waals surface area contributed by atoms with Crippen molar-refractivity contribution >= 4 is 14.7 Å². The summed E-state index contributed by atoms with van der Waals surface area (Å²) in [6.07, 6.45) is -4.34. The molecule has 1 unspecified atom stereocenters. The van der Waals surface area contributed by atoms with Gasteiger partial charge in [0, 0.05) is 0 Å². The second-order valence-electron chi connectivity index (χ2n) is 6.07. The Hall–Kier alpha value is -0.813. The van der Waals surface area contributed by atoms with Crippen LogP contribution < -0.4 is 5.19 Å². The van der Waals surface area contributed by atoms with E-state index < -0.39 is 21.3 Å². The van der Waals surface area contributed by atoms with Gasteiger partial charge in [-0.25, -0.2) is 0 Å². The van der Waals surface area contributed by atoms with E-state index in [1.165, 1.54) is 6.07 Å². The van der Waals surface area contributed by atoms with Crippen molar-refractivity contribution in [1.82, 2.24) is 0 Å². The zero-order valence-corrected chi connectivity index (χ0v) is 13.2. The van der Waals surface area contributed by atoms with Crippen LogP contribution in [0.4, 0.5) is 13.2 Å². The molecule has 0 amide bonds. The van der Waals surface area contributed by atoms with Crippen LogP contribution in [0.25, 0.3) is 0 Å². The third kappa shape index (κ3) is 4.08. The van der Waals surface area contributed by atoms with Crippen LogP contribution in [0.15, 0.2) is 18.2 Å². The van der Waals surface area contributed by atoms with Crippen molar-refractivity contribution in [3.8, 4) is 0 Å². The average molecular weight is 290 g/mol. The molecule has 0 aliphatic heterocycles. The minimum Gasteiger partial charge on any atom is -0.392 e. The molecule has 19 heavy (non-hydrogen) atoms. The van der Waals surface area contributed by atoms with E-state index in [2.05, 4.69) is 0 Å². The highest BCUT2D eigenvalue weighted by Gasteiger charge is 2.35. The highest BCUT2D eigenvalue weighted by Crippen LogP contribution is 2.32. The van der Waals surface area contributed by atoms with Gasteiger partial charge in [-0.15, -0.1) is 0 Å². The number of benzene rings is 1. The molecular weight excluding hydrogens is 269 g/mol. The zero-order chi connectivity index (χ0) is 14.8. The molecule has 0 saturated carbocycles. The summed E-state index contributed by atoms with van der Waals surface area (Å²) < 4.78 is 39.2. The van der Waals surface area contributed by atoms with Crippen LogP contribution in [0.2, 0.25) is 5.54 Å². The maximum absolute atomic E-state index is 13.1. The van der Waals surface area contributed by atoms with E-state index in [0.717, 1.165) is 6.07 Å². The molecule has 1 rings (SSSR count). The number of rotatable bonds is 3. The largest absolute Gasteiger partial charge is 0.416 e. The molecule has 1 N–H and O–H groups in total. The van der Waals surface area contributed by atoms with Gasteiger partial charge in [-0.05, 0) is 21.7 Å². The Morgan fingerprint density at radius 2 is 1.79 bits per heavy atom. The smallest absolute Gasteiger partial charge is 0.392 e. The molecule has 1 aromatic carbocycles. The van der Waals surface area contributed by atoms with Crippen LogP contribution in [-0.2, 0) is 12.8 Å². The van der Waals surface area contributed by atoms with Gasteiger partial charge in [-0.1, -0.05) is 45.9 Å². The van der Waals surface area contributed by atoms with E-state index in [9.17, 15) is 18.3 Å². The van der Waals surface area contributed by atoms with Crippen molar-refractivity contribution in [2.24, 2.45) is 5.41 Å². The predicted octanol–water partition coefficient (Wildman–Crippen LogP) is 2.85. The summed E-state index contributed by atoms with van der Waals surface area (Å²) in [5, 5.41) is 9.64. The lowest BCUT2D eigenvalue weighted by atomic mass is 9.93. The van der Waals surface area contributed by atoms with E-state index in [4.69, 9.17) is 0 Å². The molecule has 0 aliphatic carbocycles. The van der Waals surface area contributed by atoms with Crippen molar-refractivity contribution in [1.29, 1.82) is 0 Å². The fourth-order valence-electron chi connectivity index (χ4n) is 1.90. The van der Waals surface area contributed by atoms with Gasteiger partial charge in [0.15, 0.2) is 0 Å². The Morgan fingerprint density at radius 3 is 2.21 bits per heavy atom. The van der Waals surface area contributed by atoms with Gasteiger partial charge in [0.2, 0.25) is 0 Å². The maximum Gasteiger partial charge on any atom is 0.416 e. The number of hydrogen-bond acceptors (Lipinski definition) is 1. The van der Waals surface area contributed by atoms with Crippen molar-refractivity contribution < 1.29 is 18.3 Å². The first-order chi connectivity index (χ1) is 8.57. The van der Waals surface area contributed by atoms with Crippen molar-refractivity contribution in [3.63, 3.8) is 0 Å². The molecule has 0 aromatic heterocycles. The molecule has 1 aromatic rings. The van der Waals surface area contributed by atoms with Crippen LogP contribution in [0.5, 0.6) is 0 Å². The summed E-state index contributed by atoms with van der Waals surface area (Å²) in [4.78, 5) is 0. The van der Waals surface area contributed by atoms with Crippen LogP contribution >= 0.6 is 0 Å². The van der Waals surface area contributed by atoms with Gasteiger partial charge in [-0.2, -0.15) is 13.2 Å². The fourth-order valence-corrected chi connectivity index (χ4v) is 4.16. The lowest BCUT2D eigenvalue weighted by molar-refractivity contribution is -0.136. The zero-order valence-electron chi connectivity index (χ0n) is 11.8. The predicted molar refractivity (Wildman–Crippen MR) is 74.4 cm³/mol. The quantitative estimate of drug-likeness (QED) is 0.849. The topological polar surface area (TPSA) is 20.2 Å². The summed E-state index contributed by atoms with van der Waals surface area (Å²) in [5.74, 6) is 0. The first-order valence-electron chi connectivity index (χ1n) is 6.36. The standard InChI is InChI=1S/C14H21F3OSi/c1-9(13(2,3)4)19-12-10(8-18)6-5-7-11(12)14(15,16)17/h5-7,9,18H,8,19H2,1-4H3. The second kappa shape index (κ2) is 5.67. The van der Waals surface area contributed by atoms with Gasteiger partial charge in [0.05, 0.1) is 21.7 Å². The molecule has 0 radical (unpaired) electrons. The fraction of sp³-hybridized carbons (Fsp3) is 0.571.